The number of sulfonamides is 1. The van der Waals surface area contributed by atoms with Gasteiger partial charge in [0.05, 0.1) is 17.6 Å². The Balaban J connectivity index is 2.05. The number of carbonyl (C=O) groups excluding carboxylic acids is 2. The summed E-state index contributed by atoms with van der Waals surface area (Å²) in [7, 11) is -2.87. The van der Waals surface area contributed by atoms with Crippen LogP contribution in [0.25, 0.3) is 10.8 Å². The first kappa shape index (κ1) is 20.3. The van der Waals surface area contributed by atoms with Crippen molar-refractivity contribution >= 4 is 32.6 Å². The Morgan fingerprint density at radius 2 is 1.62 bits per heavy atom. The number of benzene rings is 3. The summed E-state index contributed by atoms with van der Waals surface area (Å²) in [5.41, 5.74) is 3.23. The number of methoxy groups -OCH3 is 1. The Labute approximate surface area is 168 Å². The van der Waals surface area contributed by atoms with E-state index in [-0.39, 0.29) is 16.2 Å². The lowest BCUT2D eigenvalue weighted by Gasteiger charge is -2.22. The third-order valence-corrected chi connectivity index (χ3v) is 6.08. The second-order valence-electron chi connectivity index (χ2n) is 6.41. The van der Waals surface area contributed by atoms with E-state index in [2.05, 4.69) is 5.43 Å². The van der Waals surface area contributed by atoms with Crippen LogP contribution in [0.5, 0.6) is 5.75 Å². The van der Waals surface area contributed by atoms with Gasteiger partial charge in [-0.3, -0.25) is 9.59 Å². The van der Waals surface area contributed by atoms with Crippen LogP contribution >= 0.6 is 0 Å². The van der Waals surface area contributed by atoms with E-state index in [0.29, 0.717) is 9.80 Å². The zero-order chi connectivity index (χ0) is 21.2. The van der Waals surface area contributed by atoms with E-state index in [1.165, 1.54) is 19.2 Å². The van der Waals surface area contributed by atoms with Crippen LogP contribution in [-0.4, -0.2) is 31.8 Å². The minimum Gasteiger partial charge on any atom is -0.496 e. The summed E-state index contributed by atoms with van der Waals surface area (Å²) >= 11 is 0. The van der Waals surface area contributed by atoms with Gasteiger partial charge in [0.1, 0.15) is 5.75 Å². The van der Waals surface area contributed by atoms with Crippen molar-refractivity contribution in [2.45, 2.75) is 18.7 Å². The number of nitrogens with one attached hydrogen (secondary N) is 1. The molecule has 3 aromatic carbocycles. The maximum Gasteiger partial charge on any atom is 0.284 e. The van der Waals surface area contributed by atoms with Crippen molar-refractivity contribution in [3.63, 3.8) is 0 Å². The van der Waals surface area contributed by atoms with Gasteiger partial charge in [-0.15, -0.1) is 4.41 Å². The second-order valence-corrected chi connectivity index (χ2v) is 8.19. The summed E-state index contributed by atoms with van der Waals surface area (Å²) in [6.07, 6.45) is 0. The van der Waals surface area contributed by atoms with Crippen LogP contribution in [0.15, 0.2) is 65.6 Å². The number of carbonyl (C=O) groups is 2. The van der Waals surface area contributed by atoms with E-state index < -0.39 is 21.8 Å². The number of aryl methyl sites for hydroxylation is 1. The second kappa shape index (κ2) is 7.92. The van der Waals surface area contributed by atoms with Crippen molar-refractivity contribution < 1.29 is 22.7 Å². The molecule has 0 unspecified atom stereocenters. The van der Waals surface area contributed by atoms with Crippen molar-refractivity contribution in [1.82, 2.24) is 9.84 Å². The third-order valence-electron chi connectivity index (χ3n) is 4.39. The van der Waals surface area contributed by atoms with E-state index in [1.807, 2.05) is 19.1 Å². The number of hydrazine groups is 1. The molecule has 8 heteroatoms. The summed E-state index contributed by atoms with van der Waals surface area (Å²) in [4.78, 5) is 25.0. The highest BCUT2D eigenvalue weighted by molar-refractivity contribution is 7.89. The van der Waals surface area contributed by atoms with Gasteiger partial charge in [0.15, 0.2) is 0 Å². The van der Waals surface area contributed by atoms with E-state index in [4.69, 9.17) is 4.74 Å². The summed E-state index contributed by atoms with van der Waals surface area (Å²) < 4.78 is 31.5. The van der Waals surface area contributed by atoms with Gasteiger partial charge in [-0.05, 0) is 35.9 Å². The maximum atomic E-state index is 13.0. The lowest BCUT2D eigenvalue weighted by molar-refractivity contribution is -0.125. The van der Waals surface area contributed by atoms with E-state index in [0.717, 1.165) is 17.9 Å². The molecule has 0 aliphatic heterocycles. The molecule has 3 rings (SSSR count). The van der Waals surface area contributed by atoms with Crippen LogP contribution in [0.1, 0.15) is 22.8 Å². The molecule has 0 heterocycles. The number of amides is 2. The van der Waals surface area contributed by atoms with Crippen molar-refractivity contribution in [2.24, 2.45) is 0 Å². The average molecular weight is 412 g/mol. The minimum atomic E-state index is -4.28. The molecule has 150 valence electrons. The molecule has 29 heavy (non-hydrogen) atoms. The number of fused-ring (bicyclic) bond motifs is 1. The lowest BCUT2D eigenvalue weighted by Crippen LogP contribution is -2.48. The molecule has 0 spiro atoms. The summed E-state index contributed by atoms with van der Waals surface area (Å²) in [6, 6.07) is 16.5. The van der Waals surface area contributed by atoms with Gasteiger partial charge in [-0.2, -0.15) is 8.42 Å². The topological polar surface area (TPSA) is 92.8 Å². The number of nitrogens with zero attached hydrogens (tertiary/aromatic N) is 1. The van der Waals surface area contributed by atoms with Gasteiger partial charge < -0.3 is 4.74 Å². The average Bonchev–Trinajstić information content (AvgIpc) is 2.70. The molecule has 7 nitrogen and oxygen atoms in total. The van der Waals surface area contributed by atoms with Crippen molar-refractivity contribution in [3.8, 4) is 5.75 Å². The van der Waals surface area contributed by atoms with E-state index in [1.54, 1.807) is 36.4 Å². The molecular formula is C21H20N2O5S. The van der Waals surface area contributed by atoms with Crippen molar-refractivity contribution in [3.05, 3.63) is 71.8 Å². The van der Waals surface area contributed by atoms with Crippen LogP contribution in [0, 0.1) is 6.92 Å². The fraction of sp³-hybridized carbons (Fsp3) is 0.143. The number of hydrogen-bond donors (Lipinski definition) is 1. The Kier molecular flexibility index (Phi) is 5.56. The third kappa shape index (κ3) is 3.93. The quantitative estimate of drug-likeness (QED) is 0.665. The molecule has 1 N–H and O–H groups in total. The summed E-state index contributed by atoms with van der Waals surface area (Å²) in [5, 5.41) is 1.34. The molecule has 0 saturated heterocycles. The van der Waals surface area contributed by atoms with Gasteiger partial charge in [-0.1, -0.05) is 48.0 Å². The van der Waals surface area contributed by atoms with Crippen LogP contribution in [0.3, 0.4) is 0 Å². The molecule has 0 fully saturated rings. The summed E-state index contributed by atoms with van der Waals surface area (Å²) in [5.74, 6) is -1.36. The normalized spacial score (nSPS) is 11.1. The number of ether oxygens (including phenoxy) is 1. The number of rotatable bonds is 4. The fourth-order valence-electron chi connectivity index (χ4n) is 2.93. The van der Waals surface area contributed by atoms with Crippen LogP contribution in [0.4, 0.5) is 0 Å². The van der Waals surface area contributed by atoms with Gasteiger partial charge in [0.25, 0.3) is 21.8 Å². The molecule has 0 saturated carbocycles. The zero-order valence-corrected chi connectivity index (χ0v) is 17.0. The monoisotopic (exact) mass is 412 g/mol. The molecule has 0 radical (unpaired) electrons. The fourth-order valence-corrected chi connectivity index (χ4v) is 4.16. The molecular weight excluding hydrogens is 392 g/mol. The van der Waals surface area contributed by atoms with E-state index >= 15 is 0 Å². The first-order chi connectivity index (χ1) is 13.8. The van der Waals surface area contributed by atoms with Crippen LogP contribution in [0.2, 0.25) is 0 Å². The standard InChI is InChI=1S/C21H20N2O5S/c1-14-8-11-17(12-9-14)29(26,27)23(15(2)24)22-21(25)20-18-7-5-4-6-16(18)10-13-19(20)28-3/h4-13H,1-3H3,(H,22,25). The maximum absolute atomic E-state index is 13.0. The predicted octanol–water partition coefficient (Wildman–Crippen LogP) is 3.04. The van der Waals surface area contributed by atoms with Gasteiger partial charge in [0, 0.05) is 6.92 Å². The first-order valence-corrected chi connectivity index (χ1v) is 10.2. The van der Waals surface area contributed by atoms with Crippen molar-refractivity contribution in [1.29, 1.82) is 0 Å². The first-order valence-electron chi connectivity index (χ1n) is 8.75. The van der Waals surface area contributed by atoms with Crippen LogP contribution < -0.4 is 10.2 Å². The molecule has 2 amide bonds. The SMILES string of the molecule is COc1ccc2ccccc2c1C(=O)NN(C(C)=O)S(=O)(=O)c1ccc(C)cc1. The lowest BCUT2D eigenvalue weighted by atomic mass is 10.0. The molecule has 3 aromatic rings. The highest BCUT2D eigenvalue weighted by Crippen LogP contribution is 2.28. The predicted molar refractivity (Wildman–Crippen MR) is 109 cm³/mol. The molecule has 0 aliphatic carbocycles. The van der Waals surface area contributed by atoms with E-state index in [9.17, 15) is 18.0 Å². The summed E-state index contributed by atoms with van der Waals surface area (Å²) in [6.45, 7) is 2.88. The highest BCUT2D eigenvalue weighted by atomic mass is 32.2. The Morgan fingerprint density at radius 1 is 0.966 bits per heavy atom. The van der Waals surface area contributed by atoms with Gasteiger partial charge in [-0.25, -0.2) is 5.43 Å². The Bertz CT molecular complexity index is 1190. The van der Waals surface area contributed by atoms with Crippen LogP contribution in [-0.2, 0) is 14.8 Å². The van der Waals surface area contributed by atoms with Crippen molar-refractivity contribution in [2.75, 3.05) is 7.11 Å². The molecule has 0 atom stereocenters. The minimum absolute atomic E-state index is 0.108. The molecule has 0 aromatic heterocycles. The molecule has 0 bridgehead atoms. The Hall–Kier alpha value is -3.39. The molecule has 0 aliphatic rings. The Morgan fingerprint density at radius 3 is 2.24 bits per heavy atom. The zero-order valence-electron chi connectivity index (χ0n) is 16.2. The van der Waals surface area contributed by atoms with Gasteiger partial charge >= 0.3 is 0 Å². The van der Waals surface area contributed by atoms with Gasteiger partial charge in [0.2, 0.25) is 0 Å². The highest BCUT2D eigenvalue weighted by Gasteiger charge is 2.30. The number of hydrogen-bond acceptors (Lipinski definition) is 5. The smallest absolute Gasteiger partial charge is 0.284 e. The largest absolute Gasteiger partial charge is 0.496 e.